The summed E-state index contributed by atoms with van der Waals surface area (Å²) < 4.78 is 32.7. The SMILES string of the molecule is CN(C)c1cccc2c(S(=O)(=O)N/N=C/c3cn([C@H]4C[C@H](O)[C@@H](CO)O4)c(=O)nc3N)cccc12. The van der Waals surface area contributed by atoms with Gasteiger partial charge in [0, 0.05) is 43.2 Å². The maximum absolute atomic E-state index is 13.0. The van der Waals surface area contributed by atoms with E-state index >= 15 is 0 Å². The second-order valence-electron chi connectivity index (χ2n) is 8.26. The zero-order valence-electron chi connectivity index (χ0n) is 19.1. The van der Waals surface area contributed by atoms with Crippen LogP contribution in [-0.2, 0) is 14.8 Å². The number of benzene rings is 2. The first-order valence-electron chi connectivity index (χ1n) is 10.7. The number of nitrogen functional groups attached to an aromatic ring is 1. The number of nitrogens with one attached hydrogen (secondary N) is 1. The summed E-state index contributed by atoms with van der Waals surface area (Å²) in [5, 5.41) is 24.3. The van der Waals surface area contributed by atoms with Gasteiger partial charge in [0.25, 0.3) is 10.0 Å². The molecular formula is C22H26N6O6S. The van der Waals surface area contributed by atoms with Crippen molar-refractivity contribution in [1.29, 1.82) is 0 Å². The molecule has 2 aromatic carbocycles. The molecule has 4 rings (SSSR count). The highest BCUT2D eigenvalue weighted by Gasteiger charge is 2.35. The number of aliphatic hydroxyl groups excluding tert-OH is 2. The van der Waals surface area contributed by atoms with Crippen LogP contribution in [0.25, 0.3) is 10.8 Å². The standard InChI is InChI=1S/C22H26N6O6S/c1-27(2)16-7-3-6-15-14(16)5-4-8-19(15)35(32,33)26-24-10-13-11-28(22(31)25-21(13)23)20-9-17(30)18(12-29)34-20/h3-8,10-11,17-18,20,26,29-30H,9,12H2,1-2H3,(H2,23,25,31)/b24-10+/t17-,18+,20+/m0/s1. The summed E-state index contributed by atoms with van der Waals surface area (Å²) in [5.41, 5.74) is 6.13. The van der Waals surface area contributed by atoms with E-state index < -0.39 is 40.8 Å². The molecule has 0 aliphatic carbocycles. The predicted molar refractivity (Wildman–Crippen MR) is 131 cm³/mol. The van der Waals surface area contributed by atoms with E-state index in [1.54, 1.807) is 18.2 Å². The maximum atomic E-state index is 13.0. The number of aliphatic hydroxyl groups is 2. The van der Waals surface area contributed by atoms with E-state index in [2.05, 4.69) is 14.9 Å². The first kappa shape index (κ1) is 24.6. The van der Waals surface area contributed by atoms with Crippen LogP contribution >= 0.6 is 0 Å². The van der Waals surface area contributed by atoms with Gasteiger partial charge in [-0.1, -0.05) is 24.3 Å². The monoisotopic (exact) mass is 502 g/mol. The number of aromatic nitrogens is 2. The van der Waals surface area contributed by atoms with Crippen LogP contribution in [0.1, 0.15) is 18.2 Å². The van der Waals surface area contributed by atoms with Gasteiger partial charge in [-0.25, -0.2) is 9.63 Å². The van der Waals surface area contributed by atoms with Crippen molar-refractivity contribution in [3.05, 3.63) is 58.6 Å². The van der Waals surface area contributed by atoms with Gasteiger partial charge < -0.3 is 25.6 Å². The third kappa shape index (κ3) is 4.84. The molecule has 2 heterocycles. The molecule has 0 spiro atoms. The van der Waals surface area contributed by atoms with E-state index in [9.17, 15) is 23.4 Å². The molecule has 0 saturated carbocycles. The topological polar surface area (TPSA) is 172 Å². The highest BCUT2D eigenvalue weighted by Crippen LogP contribution is 2.30. The number of ether oxygens (including phenoxy) is 1. The van der Waals surface area contributed by atoms with E-state index in [4.69, 9.17) is 10.5 Å². The summed E-state index contributed by atoms with van der Waals surface area (Å²) in [7, 11) is -0.301. The van der Waals surface area contributed by atoms with Crippen LogP contribution in [0, 0.1) is 0 Å². The molecule has 1 saturated heterocycles. The molecule has 3 aromatic rings. The van der Waals surface area contributed by atoms with Crippen molar-refractivity contribution in [1.82, 2.24) is 14.4 Å². The largest absolute Gasteiger partial charge is 0.394 e. The number of hydrogen-bond donors (Lipinski definition) is 4. The lowest BCUT2D eigenvalue weighted by Crippen LogP contribution is -2.29. The molecule has 1 aromatic heterocycles. The minimum absolute atomic E-state index is 0.0512. The quantitative estimate of drug-likeness (QED) is 0.256. The number of rotatable bonds is 7. The Bertz CT molecular complexity index is 1440. The summed E-state index contributed by atoms with van der Waals surface area (Å²) in [5.74, 6) is -0.160. The van der Waals surface area contributed by atoms with E-state index in [-0.39, 0.29) is 22.7 Å². The van der Waals surface area contributed by atoms with Gasteiger partial charge in [0.1, 0.15) is 18.1 Å². The van der Waals surface area contributed by atoms with Crippen molar-refractivity contribution in [2.45, 2.75) is 29.8 Å². The Labute approximate surface area is 201 Å². The lowest BCUT2D eigenvalue weighted by Gasteiger charge is -2.16. The van der Waals surface area contributed by atoms with Crippen LogP contribution in [-0.4, -0.2) is 67.3 Å². The number of nitrogens with two attached hydrogens (primary N) is 1. The Kier molecular flexibility index (Phi) is 6.76. The molecule has 3 atom stereocenters. The number of nitrogens with zero attached hydrogens (tertiary/aromatic N) is 4. The van der Waals surface area contributed by atoms with Crippen molar-refractivity contribution in [2.75, 3.05) is 31.3 Å². The van der Waals surface area contributed by atoms with Gasteiger partial charge in [0.2, 0.25) is 0 Å². The molecule has 0 unspecified atom stereocenters. The average molecular weight is 503 g/mol. The summed E-state index contributed by atoms with van der Waals surface area (Å²) in [4.78, 5) is 20.1. The van der Waals surface area contributed by atoms with Crippen LogP contribution in [0.2, 0.25) is 0 Å². The normalized spacial score (nSPS) is 20.5. The lowest BCUT2D eigenvalue weighted by atomic mass is 10.1. The third-order valence-corrected chi connectivity index (χ3v) is 6.99. The zero-order chi connectivity index (χ0) is 25.3. The van der Waals surface area contributed by atoms with Crippen LogP contribution in [0.4, 0.5) is 11.5 Å². The fraction of sp³-hybridized carbons (Fsp3) is 0.318. The van der Waals surface area contributed by atoms with Gasteiger partial charge in [-0.05, 0) is 12.1 Å². The Hall–Kier alpha value is -3.52. The molecule has 0 bridgehead atoms. The van der Waals surface area contributed by atoms with Crippen molar-refractivity contribution in [3.63, 3.8) is 0 Å². The molecular weight excluding hydrogens is 476 g/mol. The van der Waals surface area contributed by atoms with Gasteiger partial charge in [-0.3, -0.25) is 4.57 Å². The van der Waals surface area contributed by atoms with Crippen molar-refractivity contribution in [3.8, 4) is 0 Å². The first-order valence-corrected chi connectivity index (χ1v) is 12.2. The summed E-state index contributed by atoms with van der Waals surface area (Å²) in [6.45, 7) is -0.408. The highest BCUT2D eigenvalue weighted by atomic mass is 32.2. The molecule has 0 amide bonds. The lowest BCUT2D eigenvalue weighted by molar-refractivity contribution is -0.0458. The van der Waals surface area contributed by atoms with Crippen LogP contribution < -0.4 is 21.2 Å². The average Bonchev–Trinajstić information content (AvgIpc) is 3.19. The molecule has 35 heavy (non-hydrogen) atoms. The molecule has 1 aliphatic heterocycles. The molecule has 1 aliphatic rings. The van der Waals surface area contributed by atoms with Gasteiger partial charge >= 0.3 is 5.69 Å². The van der Waals surface area contributed by atoms with Crippen molar-refractivity contribution < 1.29 is 23.4 Å². The van der Waals surface area contributed by atoms with E-state index in [1.165, 1.54) is 12.3 Å². The molecule has 0 radical (unpaired) electrons. The van der Waals surface area contributed by atoms with Crippen molar-refractivity contribution in [2.24, 2.45) is 5.10 Å². The van der Waals surface area contributed by atoms with Crippen LogP contribution in [0.15, 0.2) is 57.4 Å². The van der Waals surface area contributed by atoms with Gasteiger partial charge in [-0.15, -0.1) is 0 Å². The Morgan fingerprint density at radius 2 is 2.00 bits per heavy atom. The predicted octanol–water partition coefficient (Wildman–Crippen LogP) is -0.00220. The van der Waals surface area contributed by atoms with Crippen molar-refractivity contribution >= 4 is 38.5 Å². The Morgan fingerprint density at radius 1 is 1.29 bits per heavy atom. The zero-order valence-corrected chi connectivity index (χ0v) is 19.9. The maximum Gasteiger partial charge on any atom is 0.351 e. The summed E-state index contributed by atoms with van der Waals surface area (Å²) in [6.07, 6.45) is -0.153. The third-order valence-electron chi connectivity index (χ3n) is 5.71. The van der Waals surface area contributed by atoms with E-state index in [0.29, 0.717) is 5.39 Å². The van der Waals surface area contributed by atoms with Crippen LogP contribution in [0.3, 0.4) is 0 Å². The van der Waals surface area contributed by atoms with Crippen LogP contribution in [0.5, 0.6) is 0 Å². The fourth-order valence-electron chi connectivity index (χ4n) is 3.96. The van der Waals surface area contributed by atoms with Gasteiger partial charge in [0.15, 0.2) is 0 Å². The number of anilines is 2. The highest BCUT2D eigenvalue weighted by molar-refractivity contribution is 7.89. The number of fused-ring (bicyclic) bond motifs is 1. The van der Waals surface area contributed by atoms with Gasteiger partial charge in [0.05, 0.1) is 29.4 Å². The van der Waals surface area contributed by atoms with Gasteiger partial charge in [-0.2, -0.15) is 18.5 Å². The smallest absolute Gasteiger partial charge is 0.351 e. The fourth-order valence-corrected chi connectivity index (χ4v) is 4.97. The summed E-state index contributed by atoms with van der Waals surface area (Å²) in [6, 6.07) is 10.4. The molecule has 186 valence electrons. The summed E-state index contributed by atoms with van der Waals surface area (Å²) >= 11 is 0. The molecule has 13 heteroatoms. The Balaban J connectivity index is 1.61. The molecule has 12 nitrogen and oxygen atoms in total. The second-order valence-corrected chi connectivity index (χ2v) is 9.89. The number of sulfonamides is 1. The number of hydrogen-bond acceptors (Lipinski definition) is 10. The van der Waals surface area contributed by atoms with E-state index in [0.717, 1.165) is 21.9 Å². The first-order chi connectivity index (χ1) is 16.6. The molecule has 1 fully saturated rings. The molecule has 5 N–H and O–H groups in total. The minimum atomic E-state index is -4.05. The van der Waals surface area contributed by atoms with E-state index in [1.807, 2.05) is 31.1 Å². The minimum Gasteiger partial charge on any atom is -0.394 e. The Morgan fingerprint density at radius 3 is 2.69 bits per heavy atom. The second kappa shape index (κ2) is 9.62. The number of hydrazone groups is 1.